The third-order valence-electron chi connectivity index (χ3n) is 3.55. The molecule has 6 nitrogen and oxygen atoms in total. The monoisotopic (exact) mass is 354 g/mol. The summed E-state index contributed by atoms with van der Waals surface area (Å²) in [4.78, 5) is 24.8. The van der Waals surface area contributed by atoms with Gasteiger partial charge in [-0.1, -0.05) is 30.3 Å². The van der Waals surface area contributed by atoms with Gasteiger partial charge >= 0.3 is 0 Å². The molecule has 2 rings (SSSR count). The quantitative estimate of drug-likeness (QED) is 0.563. The van der Waals surface area contributed by atoms with Crippen LogP contribution in [0.2, 0.25) is 0 Å². The zero-order chi connectivity index (χ0) is 18.8. The van der Waals surface area contributed by atoms with E-state index in [2.05, 4.69) is 10.6 Å². The predicted octanol–water partition coefficient (Wildman–Crippen LogP) is 2.23. The Kier molecular flexibility index (Phi) is 7.39. The van der Waals surface area contributed by atoms with E-state index >= 15 is 0 Å². The first-order chi connectivity index (χ1) is 12.6. The number of carbonyl (C=O) groups excluding carboxylic acids is 2. The van der Waals surface area contributed by atoms with Crippen molar-refractivity contribution < 1.29 is 19.1 Å². The zero-order valence-corrected chi connectivity index (χ0v) is 14.8. The molecular weight excluding hydrogens is 332 g/mol. The molecule has 0 atom stereocenters. The molecule has 2 aromatic rings. The average Bonchev–Trinajstić information content (AvgIpc) is 2.68. The number of amides is 2. The summed E-state index contributed by atoms with van der Waals surface area (Å²) in [6, 6.07) is 15.9. The second kappa shape index (κ2) is 10.0. The van der Waals surface area contributed by atoms with E-state index in [0.29, 0.717) is 24.5 Å². The number of benzene rings is 2. The molecule has 2 aromatic carbocycles. The Morgan fingerprint density at radius 3 is 2.31 bits per heavy atom. The van der Waals surface area contributed by atoms with Crippen molar-refractivity contribution in [3.05, 3.63) is 71.4 Å². The minimum Gasteiger partial charge on any atom is -0.497 e. The van der Waals surface area contributed by atoms with Crippen molar-refractivity contribution in [1.29, 1.82) is 0 Å². The SMILES string of the molecule is COCCNC(=O)C(=Cc1ccc(OC)cc1)NC(=O)c1ccccc1. The fraction of sp³-hybridized carbons (Fsp3) is 0.200. The molecule has 0 saturated heterocycles. The number of hydrogen-bond acceptors (Lipinski definition) is 4. The summed E-state index contributed by atoms with van der Waals surface area (Å²) in [7, 11) is 3.14. The number of rotatable bonds is 8. The lowest BCUT2D eigenvalue weighted by Gasteiger charge is -2.11. The molecule has 0 saturated carbocycles. The molecule has 0 aliphatic heterocycles. The highest BCUT2D eigenvalue weighted by atomic mass is 16.5. The Balaban J connectivity index is 2.21. The first-order valence-corrected chi connectivity index (χ1v) is 8.13. The smallest absolute Gasteiger partial charge is 0.267 e. The minimum absolute atomic E-state index is 0.153. The topological polar surface area (TPSA) is 76.7 Å². The normalized spacial score (nSPS) is 10.9. The summed E-state index contributed by atoms with van der Waals surface area (Å²) in [6.07, 6.45) is 1.61. The molecule has 0 aliphatic rings. The van der Waals surface area contributed by atoms with Gasteiger partial charge in [-0.2, -0.15) is 0 Å². The molecule has 0 heterocycles. The Morgan fingerprint density at radius 2 is 1.69 bits per heavy atom. The van der Waals surface area contributed by atoms with E-state index in [0.717, 1.165) is 5.56 Å². The van der Waals surface area contributed by atoms with Crippen molar-refractivity contribution in [1.82, 2.24) is 10.6 Å². The maximum atomic E-state index is 12.4. The molecule has 0 radical (unpaired) electrons. The highest BCUT2D eigenvalue weighted by Gasteiger charge is 2.14. The van der Waals surface area contributed by atoms with Gasteiger partial charge < -0.3 is 20.1 Å². The van der Waals surface area contributed by atoms with Crippen molar-refractivity contribution in [3.8, 4) is 5.75 Å². The Labute approximate surface area is 152 Å². The van der Waals surface area contributed by atoms with Gasteiger partial charge in [-0.25, -0.2) is 0 Å². The lowest BCUT2D eigenvalue weighted by molar-refractivity contribution is -0.117. The van der Waals surface area contributed by atoms with Crippen LogP contribution in [0.3, 0.4) is 0 Å². The summed E-state index contributed by atoms with van der Waals surface area (Å²) < 4.78 is 10.1. The second-order valence-corrected chi connectivity index (χ2v) is 5.40. The number of ether oxygens (including phenoxy) is 2. The molecule has 0 fully saturated rings. The van der Waals surface area contributed by atoms with E-state index in [9.17, 15) is 9.59 Å². The molecule has 2 N–H and O–H groups in total. The van der Waals surface area contributed by atoms with Crippen LogP contribution in [-0.2, 0) is 9.53 Å². The van der Waals surface area contributed by atoms with Gasteiger partial charge in [-0.05, 0) is 35.9 Å². The summed E-state index contributed by atoms with van der Waals surface area (Å²) in [6.45, 7) is 0.727. The van der Waals surface area contributed by atoms with Gasteiger partial charge in [0.05, 0.1) is 13.7 Å². The van der Waals surface area contributed by atoms with E-state index < -0.39 is 0 Å². The van der Waals surface area contributed by atoms with Crippen LogP contribution in [0.4, 0.5) is 0 Å². The largest absolute Gasteiger partial charge is 0.497 e. The van der Waals surface area contributed by atoms with E-state index in [-0.39, 0.29) is 17.5 Å². The molecular formula is C20H22N2O4. The van der Waals surface area contributed by atoms with Crippen LogP contribution in [-0.4, -0.2) is 39.2 Å². The number of methoxy groups -OCH3 is 2. The van der Waals surface area contributed by atoms with Crippen LogP contribution >= 0.6 is 0 Å². The fourth-order valence-corrected chi connectivity index (χ4v) is 2.17. The Hall–Kier alpha value is -3.12. The lowest BCUT2D eigenvalue weighted by Crippen LogP contribution is -2.36. The molecule has 0 bridgehead atoms. The van der Waals surface area contributed by atoms with Crippen molar-refractivity contribution in [3.63, 3.8) is 0 Å². The van der Waals surface area contributed by atoms with Crippen molar-refractivity contribution >= 4 is 17.9 Å². The molecule has 0 spiro atoms. The van der Waals surface area contributed by atoms with Crippen molar-refractivity contribution in [2.24, 2.45) is 0 Å². The number of hydrogen-bond donors (Lipinski definition) is 2. The standard InChI is InChI=1S/C20H22N2O4/c1-25-13-12-21-20(24)18(14-15-8-10-17(26-2)11-9-15)22-19(23)16-6-4-3-5-7-16/h3-11,14H,12-13H2,1-2H3,(H,21,24)(H,22,23). The third-order valence-corrected chi connectivity index (χ3v) is 3.55. The molecule has 2 amide bonds. The average molecular weight is 354 g/mol. The minimum atomic E-state index is -0.387. The maximum Gasteiger partial charge on any atom is 0.267 e. The number of carbonyl (C=O) groups is 2. The van der Waals surface area contributed by atoms with Gasteiger partial charge in [-0.3, -0.25) is 9.59 Å². The highest BCUT2D eigenvalue weighted by Crippen LogP contribution is 2.14. The van der Waals surface area contributed by atoms with Crippen molar-refractivity contribution in [2.75, 3.05) is 27.4 Å². The first-order valence-electron chi connectivity index (χ1n) is 8.13. The Bertz CT molecular complexity index is 755. The lowest BCUT2D eigenvalue weighted by atomic mass is 10.1. The van der Waals surface area contributed by atoms with Crippen molar-refractivity contribution in [2.45, 2.75) is 0 Å². The van der Waals surface area contributed by atoms with Gasteiger partial charge in [0.15, 0.2) is 0 Å². The van der Waals surface area contributed by atoms with Crippen LogP contribution in [0.15, 0.2) is 60.3 Å². The van der Waals surface area contributed by atoms with E-state index in [1.807, 2.05) is 6.07 Å². The zero-order valence-electron chi connectivity index (χ0n) is 14.8. The summed E-state index contributed by atoms with van der Waals surface area (Å²) in [5.74, 6) is -0.0315. The first kappa shape index (κ1) is 19.2. The van der Waals surface area contributed by atoms with Crippen LogP contribution in [0, 0.1) is 0 Å². The molecule has 6 heteroatoms. The summed E-state index contributed by atoms with van der Waals surface area (Å²) >= 11 is 0. The summed E-state index contributed by atoms with van der Waals surface area (Å²) in [5, 5.41) is 5.39. The molecule has 136 valence electrons. The van der Waals surface area contributed by atoms with Gasteiger partial charge in [-0.15, -0.1) is 0 Å². The fourth-order valence-electron chi connectivity index (χ4n) is 2.17. The van der Waals surface area contributed by atoms with E-state index in [4.69, 9.17) is 9.47 Å². The molecule has 0 unspecified atom stereocenters. The van der Waals surface area contributed by atoms with Gasteiger partial charge in [0, 0.05) is 19.2 Å². The van der Waals surface area contributed by atoms with Crippen LogP contribution in [0.5, 0.6) is 5.75 Å². The Morgan fingerprint density at radius 1 is 1.00 bits per heavy atom. The predicted molar refractivity (Wildman–Crippen MR) is 99.8 cm³/mol. The molecule has 0 aliphatic carbocycles. The van der Waals surface area contributed by atoms with Gasteiger partial charge in [0.25, 0.3) is 11.8 Å². The molecule has 26 heavy (non-hydrogen) atoms. The van der Waals surface area contributed by atoms with Gasteiger partial charge in [0.2, 0.25) is 0 Å². The van der Waals surface area contributed by atoms with E-state index in [1.165, 1.54) is 0 Å². The van der Waals surface area contributed by atoms with Crippen LogP contribution in [0.25, 0.3) is 6.08 Å². The van der Waals surface area contributed by atoms with Crippen LogP contribution in [0.1, 0.15) is 15.9 Å². The second-order valence-electron chi connectivity index (χ2n) is 5.40. The highest BCUT2D eigenvalue weighted by molar-refractivity contribution is 6.05. The summed E-state index contributed by atoms with van der Waals surface area (Å²) in [5.41, 5.74) is 1.38. The molecule has 0 aromatic heterocycles. The van der Waals surface area contributed by atoms with Crippen LogP contribution < -0.4 is 15.4 Å². The van der Waals surface area contributed by atoms with Gasteiger partial charge in [0.1, 0.15) is 11.4 Å². The third kappa shape index (κ3) is 5.75. The maximum absolute atomic E-state index is 12.4. The number of nitrogens with one attached hydrogen (secondary N) is 2. The van der Waals surface area contributed by atoms with E-state index in [1.54, 1.807) is 68.8 Å².